The van der Waals surface area contributed by atoms with Gasteiger partial charge in [0.2, 0.25) is 5.95 Å². The van der Waals surface area contributed by atoms with E-state index in [1.54, 1.807) is 42.5 Å². The number of nitrogens with one attached hydrogen (secondary N) is 1. The van der Waals surface area contributed by atoms with Gasteiger partial charge in [-0.2, -0.15) is 0 Å². The largest absolute Gasteiger partial charge is 0.368 e. The molecule has 3 aromatic carbocycles. The number of hydrogen-bond donors (Lipinski definition) is 2. The zero-order valence-electron chi connectivity index (χ0n) is 17.2. The summed E-state index contributed by atoms with van der Waals surface area (Å²) in [6.45, 7) is 0. The van der Waals surface area contributed by atoms with Crippen molar-refractivity contribution in [1.82, 2.24) is 9.97 Å². The third-order valence-electron chi connectivity index (χ3n) is 5.51. The second-order valence-electron chi connectivity index (χ2n) is 7.67. The number of nitrogens with zero attached hydrogens (tertiary/aromatic N) is 2. The average molecular weight is 481 g/mol. The number of nitrogens with two attached hydrogens (primary N) is 1. The van der Waals surface area contributed by atoms with Gasteiger partial charge in [-0.3, -0.25) is 4.72 Å². The quantitative estimate of drug-likeness (QED) is 0.424. The minimum Gasteiger partial charge on any atom is -0.368 e. The van der Waals surface area contributed by atoms with Crippen molar-refractivity contribution in [2.24, 2.45) is 0 Å². The lowest BCUT2D eigenvalue weighted by Crippen LogP contribution is -2.15. The highest BCUT2D eigenvalue weighted by Gasteiger charge is 2.26. The molecule has 0 saturated carbocycles. The van der Waals surface area contributed by atoms with Gasteiger partial charge in [0.05, 0.1) is 27.0 Å². The Hall–Kier alpha value is -3.49. The lowest BCUT2D eigenvalue weighted by atomic mass is 9.86. The van der Waals surface area contributed by atoms with Crippen LogP contribution in [-0.2, 0) is 22.9 Å². The van der Waals surface area contributed by atoms with E-state index in [0.29, 0.717) is 24.1 Å². The van der Waals surface area contributed by atoms with Gasteiger partial charge in [-0.25, -0.2) is 22.8 Å². The van der Waals surface area contributed by atoms with Crippen LogP contribution >= 0.6 is 11.6 Å². The molecule has 1 heterocycles. The molecule has 1 aliphatic rings. The van der Waals surface area contributed by atoms with Crippen molar-refractivity contribution in [1.29, 1.82) is 0 Å². The maximum atomic E-state index is 13.5. The van der Waals surface area contributed by atoms with Crippen LogP contribution in [0.15, 0.2) is 71.6 Å². The van der Waals surface area contributed by atoms with Crippen LogP contribution in [0.4, 0.5) is 16.0 Å². The van der Waals surface area contributed by atoms with Crippen molar-refractivity contribution in [3.8, 4) is 22.4 Å². The number of aromatic nitrogens is 2. The summed E-state index contributed by atoms with van der Waals surface area (Å²) in [4.78, 5) is 8.97. The SMILES string of the molecule is Nc1nc2c(c(-c3ccc(F)cc3)n1)-c1cc(NS(=O)(=O)c3ccccc3)c(Cl)cc1CC2. The monoisotopic (exact) mass is 480 g/mol. The van der Waals surface area contributed by atoms with E-state index in [1.807, 2.05) is 0 Å². The van der Waals surface area contributed by atoms with Crippen LogP contribution < -0.4 is 10.5 Å². The van der Waals surface area contributed by atoms with Crippen LogP contribution in [0, 0.1) is 5.82 Å². The number of sulfonamides is 1. The van der Waals surface area contributed by atoms with E-state index in [9.17, 15) is 12.8 Å². The molecule has 0 fully saturated rings. The predicted molar refractivity (Wildman–Crippen MR) is 127 cm³/mol. The summed E-state index contributed by atoms with van der Waals surface area (Å²) in [6.07, 6.45) is 1.28. The Morgan fingerprint density at radius 1 is 0.970 bits per heavy atom. The smallest absolute Gasteiger partial charge is 0.261 e. The van der Waals surface area contributed by atoms with Crippen LogP contribution in [0.25, 0.3) is 22.4 Å². The van der Waals surface area contributed by atoms with E-state index < -0.39 is 10.0 Å². The van der Waals surface area contributed by atoms with Gasteiger partial charge in [0.15, 0.2) is 0 Å². The minimum atomic E-state index is -3.84. The van der Waals surface area contributed by atoms with E-state index in [2.05, 4.69) is 14.7 Å². The van der Waals surface area contributed by atoms with Gasteiger partial charge < -0.3 is 5.73 Å². The average Bonchev–Trinajstić information content (AvgIpc) is 2.80. The van der Waals surface area contributed by atoms with Crippen molar-refractivity contribution < 1.29 is 12.8 Å². The number of fused-ring (bicyclic) bond motifs is 3. The zero-order chi connectivity index (χ0) is 23.2. The van der Waals surface area contributed by atoms with E-state index in [1.165, 1.54) is 24.3 Å². The molecular formula is C24H18ClFN4O2S. The van der Waals surface area contributed by atoms with Crippen LogP contribution in [-0.4, -0.2) is 18.4 Å². The topological polar surface area (TPSA) is 98.0 Å². The number of halogens is 2. The fraction of sp³-hybridized carbons (Fsp3) is 0.0833. The van der Waals surface area contributed by atoms with Gasteiger partial charge in [-0.15, -0.1) is 0 Å². The van der Waals surface area contributed by atoms with Crippen LogP contribution in [0.3, 0.4) is 0 Å². The lowest BCUT2D eigenvalue weighted by Gasteiger charge is -2.23. The summed E-state index contributed by atoms with van der Waals surface area (Å²) in [6, 6.07) is 17.5. The molecule has 3 N–H and O–H groups in total. The number of aryl methyl sites for hydroxylation is 2. The number of hydrogen-bond acceptors (Lipinski definition) is 5. The van der Waals surface area contributed by atoms with Crippen LogP contribution in [0.2, 0.25) is 5.02 Å². The van der Waals surface area contributed by atoms with Crippen LogP contribution in [0.1, 0.15) is 11.3 Å². The summed E-state index contributed by atoms with van der Waals surface area (Å²) >= 11 is 6.46. The molecule has 0 spiro atoms. The number of anilines is 2. The predicted octanol–water partition coefficient (Wildman–Crippen LogP) is 5.08. The highest BCUT2D eigenvalue weighted by molar-refractivity contribution is 7.92. The maximum absolute atomic E-state index is 13.5. The Morgan fingerprint density at radius 2 is 1.70 bits per heavy atom. The van der Waals surface area contributed by atoms with Crippen LogP contribution in [0.5, 0.6) is 0 Å². The third kappa shape index (κ3) is 4.03. The van der Waals surface area contributed by atoms with Crippen molar-refractivity contribution in [3.05, 3.63) is 88.8 Å². The minimum absolute atomic E-state index is 0.121. The molecule has 1 aliphatic carbocycles. The van der Waals surface area contributed by atoms with Crippen molar-refractivity contribution in [3.63, 3.8) is 0 Å². The lowest BCUT2D eigenvalue weighted by molar-refractivity contribution is 0.601. The van der Waals surface area contributed by atoms with Gasteiger partial charge in [0.25, 0.3) is 10.0 Å². The van der Waals surface area contributed by atoms with E-state index in [-0.39, 0.29) is 27.4 Å². The number of nitrogen functional groups attached to an aromatic ring is 1. The number of benzene rings is 3. The van der Waals surface area contributed by atoms with Gasteiger partial charge in [0, 0.05) is 11.1 Å². The molecule has 9 heteroatoms. The first-order valence-electron chi connectivity index (χ1n) is 10.1. The Balaban J connectivity index is 1.66. The zero-order valence-corrected chi connectivity index (χ0v) is 18.8. The molecule has 6 nitrogen and oxygen atoms in total. The first-order valence-corrected chi connectivity index (χ1v) is 12.0. The molecular weight excluding hydrogens is 463 g/mol. The summed E-state index contributed by atoms with van der Waals surface area (Å²) in [5, 5.41) is 0.288. The second kappa shape index (κ2) is 8.13. The summed E-state index contributed by atoms with van der Waals surface area (Å²) in [7, 11) is -3.84. The Morgan fingerprint density at radius 3 is 2.42 bits per heavy atom. The normalized spacial score (nSPS) is 12.7. The standard InChI is InChI=1S/C24H18ClFN4O2S/c25-19-12-15-8-11-20-22(23(29-24(27)28-20)14-6-9-16(26)10-7-14)18(15)13-21(19)30-33(31,32)17-4-2-1-3-5-17/h1-7,9-10,12-13,30H,8,11H2,(H2,27,28,29). The molecule has 0 aliphatic heterocycles. The van der Waals surface area contributed by atoms with Gasteiger partial charge in [0.1, 0.15) is 5.82 Å². The van der Waals surface area contributed by atoms with Gasteiger partial charge in [-0.1, -0.05) is 29.8 Å². The molecule has 0 radical (unpaired) electrons. The second-order valence-corrected chi connectivity index (χ2v) is 9.76. The third-order valence-corrected chi connectivity index (χ3v) is 7.20. The summed E-state index contributed by atoms with van der Waals surface area (Å²) < 4.78 is 41.9. The molecule has 5 rings (SSSR count). The molecule has 0 amide bonds. The molecule has 4 aromatic rings. The van der Waals surface area contributed by atoms with E-state index in [0.717, 1.165) is 22.4 Å². The molecule has 0 unspecified atom stereocenters. The van der Waals surface area contributed by atoms with E-state index >= 15 is 0 Å². The Kier molecular flexibility index (Phi) is 5.26. The Bertz CT molecular complexity index is 1480. The van der Waals surface area contributed by atoms with E-state index in [4.69, 9.17) is 17.3 Å². The summed E-state index contributed by atoms with van der Waals surface area (Å²) in [5.41, 5.74) is 10.6. The molecule has 1 aromatic heterocycles. The fourth-order valence-electron chi connectivity index (χ4n) is 4.00. The fourth-order valence-corrected chi connectivity index (χ4v) is 5.38. The first-order chi connectivity index (χ1) is 15.8. The molecule has 33 heavy (non-hydrogen) atoms. The highest BCUT2D eigenvalue weighted by atomic mass is 35.5. The van der Waals surface area contributed by atoms with Gasteiger partial charge in [-0.05, 0) is 72.5 Å². The first kappa shape index (κ1) is 21.4. The number of rotatable bonds is 4. The molecule has 166 valence electrons. The summed E-state index contributed by atoms with van der Waals surface area (Å²) in [5.74, 6) is -0.241. The molecule has 0 bridgehead atoms. The molecule has 0 atom stereocenters. The van der Waals surface area contributed by atoms with Gasteiger partial charge >= 0.3 is 0 Å². The maximum Gasteiger partial charge on any atom is 0.261 e. The molecule has 0 saturated heterocycles. The Labute approximate surface area is 195 Å². The van der Waals surface area contributed by atoms with Crippen molar-refractivity contribution in [2.75, 3.05) is 10.5 Å². The van der Waals surface area contributed by atoms with Crippen molar-refractivity contribution >= 4 is 33.3 Å². The highest BCUT2D eigenvalue weighted by Crippen LogP contribution is 2.42. The van der Waals surface area contributed by atoms with Crippen molar-refractivity contribution in [2.45, 2.75) is 17.7 Å².